The molecule has 11 nitrogen and oxygen atoms in total. The zero-order chi connectivity index (χ0) is 36.7. The maximum Gasteiger partial charge on any atom is 0.306 e. The molecular weight excluding hydrogens is 703 g/mol. The number of benzene rings is 2. The molecule has 4 heterocycles. The van der Waals surface area contributed by atoms with Gasteiger partial charge in [0.25, 0.3) is 0 Å². The van der Waals surface area contributed by atoms with Crippen molar-refractivity contribution >= 4 is 40.9 Å². The zero-order valence-electron chi connectivity index (χ0n) is 29.8. The molecule has 1 aliphatic carbocycles. The molecule has 52 heavy (non-hydrogen) atoms. The molecule has 7 rings (SSSR count). The molecule has 0 radical (unpaired) electrons. The monoisotopic (exact) mass is 746 g/mol. The standard InChI is InChI=1S/C39H44Cl2N6O5/c1-4-44(2)22-34(49)47-20-30-33(21-47)52-38(43-30)28-10-6-9-27(36(28)41)26-8-5-7-25(35(26)40)17-32(48)37-42-29-19-46(16-15-31(29)45(37)3)18-23-11-13-24(14-12-23)39(50)51/h5-10,23-24H,4,11-22H2,1-3H3,(H,50,51). The molecular formula is C39H44Cl2N6O5. The van der Waals surface area contributed by atoms with E-state index in [1.165, 1.54) is 0 Å². The van der Waals surface area contributed by atoms with Gasteiger partial charge < -0.3 is 19.0 Å². The quantitative estimate of drug-likeness (QED) is 0.171. The third-order valence-electron chi connectivity index (χ3n) is 11.0. The molecule has 0 bridgehead atoms. The van der Waals surface area contributed by atoms with Crippen LogP contribution in [0.2, 0.25) is 10.0 Å². The van der Waals surface area contributed by atoms with E-state index in [-0.39, 0.29) is 24.0 Å². The molecule has 0 spiro atoms. The maximum absolute atomic E-state index is 13.8. The number of amides is 1. The first-order valence-electron chi connectivity index (χ1n) is 18.0. The number of carbonyl (C=O) groups is 3. The van der Waals surface area contributed by atoms with Crippen LogP contribution in [-0.4, -0.2) is 85.2 Å². The van der Waals surface area contributed by atoms with E-state index < -0.39 is 5.97 Å². The molecule has 2 aromatic heterocycles. The topological polar surface area (TPSA) is 125 Å². The number of carboxylic acids is 1. The number of rotatable bonds is 11. The van der Waals surface area contributed by atoms with Gasteiger partial charge in [-0.05, 0) is 56.8 Å². The lowest BCUT2D eigenvalue weighted by Gasteiger charge is -2.33. The second-order valence-corrected chi connectivity index (χ2v) is 15.2. The second kappa shape index (κ2) is 15.1. The van der Waals surface area contributed by atoms with Gasteiger partial charge >= 0.3 is 5.97 Å². The number of Topliss-reactive ketones (excluding diaryl/α,β-unsaturated/α-hetero) is 1. The van der Waals surface area contributed by atoms with Gasteiger partial charge in [0.1, 0.15) is 11.5 Å². The SMILES string of the molecule is CCN(C)CC(=O)N1Cc2nc(-c3cccc(-c4cccc(CC(=O)c5nc6c(n5C)CCN(CC5CCC(C(=O)O)CC5)C6)c4Cl)c3Cl)oc2C1. The van der Waals surface area contributed by atoms with Crippen LogP contribution in [0, 0.1) is 11.8 Å². The zero-order valence-corrected chi connectivity index (χ0v) is 31.3. The van der Waals surface area contributed by atoms with Crippen molar-refractivity contribution in [2.24, 2.45) is 18.9 Å². The van der Waals surface area contributed by atoms with Crippen LogP contribution in [-0.2, 0) is 49.1 Å². The van der Waals surface area contributed by atoms with Gasteiger partial charge in [0.05, 0.1) is 46.9 Å². The Kier molecular flexibility index (Phi) is 10.6. The highest BCUT2D eigenvalue weighted by Gasteiger charge is 2.32. The van der Waals surface area contributed by atoms with Gasteiger partial charge in [0.2, 0.25) is 17.6 Å². The molecule has 1 N–H and O–H groups in total. The normalized spacial score (nSPS) is 18.8. The van der Waals surface area contributed by atoms with E-state index in [2.05, 4.69) is 4.90 Å². The average molecular weight is 748 g/mol. The lowest BCUT2D eigenvalue weighted by Crippen LogP contribution is -2.36. The average Bonchev–Trinajstić information content (AvgIpc) is 3.81. The molecule has 2 aliphatic heterocycles. The molecule has 13 heteroatoms. The van der Waals surface area contributed by atoms with Gasteiger partial charge in [-0.15, -0.1) is 0 Å². The van der Waals surface area contributed by atoms with Crippen molar-refractivity contribution in [3.8, 4) is 22.6 Å². The van der Waals surface area contributed by atoms with E-state index in [0.29, 0.717) is 81.9 Å². The smallest absolute Gasteiger partial charge is 0.306 e. The molecule has 4 aromatic rings. The number of ketones is 1. The summed E-state index contributed by atoms with van der Waals surface area (Å²) in [5.41, 5.74) is 5.43. The highest BCUT2D eigenvalue weighted by molar-refractivity contribution is 6.38. The minimum atomic E-state index is -0.678. The minimum Gasteiger partial charge on any atom is -0.481 e. The van der Waals surface area contributed by atoms with Gasteiger partial charge in [0.15, 0.2) is 5.82 Å². The summed E-state index contributed by atoms with van der Waals surface area (Å²) in [6.07, 6.45) is 4.24. The lowest BCUT2D eigenvalue weighted by atomic mass is 9.81. The Morgan fingerprint density at radius 1 is 0.942 bits per heavy atom. The lowest BCUT2D eigenvalue weighted by molar-refractivity contribution is -0.143. The first kappa shape index (κ1) is 36.3. The summed E-state index contributed by atoms with van der Waals surface area (Å²) in [7, 11) is 3.82. The number of halogens is 2. The summed E-state index contributed by atoms with van der Waals surface area (Å²) in [4.78, 5) is 53.5. The van der Waals surface area contributed by atoms with Crippen LogP contribution in [0.4, 0.5) is 0 Å². The fourth-order valence-electron chi connectivity index (χ4n) is 7.80. The van der Waals surface area contributed by atoms with Crippen LogP contribution in [0.25, 0.3) is 22.6 Å². The first-order valence-corrected chi connectivity index (χ1v) is 18.8. The third kappa shape index (κ3) is 7.28. The second-order valence-electron chi connectivity index (χ2n) is 14.4. The predicted octanol–water partition coefficient (Wildman–Crippen LogP) is 6.52. The Hall–Kier alpha value is -4.03. The van der Waals surface area contributed by atoms with Crippen LogP contribution in [0.15, 0.2) is 40.8 Å². The number of likely N-dealkylation sites (N-methyl/N-ethyl adjacent to an activating group) is 1. The number of oxazole rings is 1. The number of hydrogen-bond donors (Lipinski definition) is 1. The number of fused-ring (bicyclic) bond motifs is 2. The molecule has 0 atom stereocenters. The van der Waals surface area contributed by atoms with Crippen LogP contribution in [0.3, 0.4) is 0 Å². The minimum absolute atomic E-state index is 0.0334. The molecule has 1 saturated carbocycles. The van der Waals surface area contributed by atoms with E-state index in [1.807, 2.05) is 66.9 Å². The van der Waals surface area contributed by atoms with Gasteiger partial charge in [-0.25, -0.2) is 9.97 Å². The molecule has 274 valence electrons. The summed E-state index contributed by atoms with van der Waals surface area (Å²) in [6, 6.07) is 11.2. The Balaban J connectivity index is 1.03. The molecule has 1 amide bonds. The van der Waals surface area contributed by atoms with Crippen LogP contribution in [0.1, 0.15) is 71.6 Å². The number of aliphatic carboxylic acids is 1. The molecule has 3 aliphatic rings. The molecule has 0 saturated heterocycles. The van der Waals surface area contributed by atoms with Crippen LogP contribution in [0.5, 0.6) is 0 Å². The van der Waals surface area contributed by atoms with E-state index in [4.69, 9.17) is 37.6 Å². The van der Waals surface area contributed by atoms with Crippen molar-refractivity contribution < 1.29 is 23.9 Å². The number of carbonyl (C=O) groups excluding carboxylic acids is 2. The van der Waals surface area contributed by atoms with Crippen molar-refractivity contribution in [2.45, 2.75) is 65.1 Å². The summed E-state index contributed by atoms with van der Waals surface area (Å²) in [6.45, 7) is 6.39. The highest BCUT2D eigenvalue weighted by Crippen LogP contribution is 2.41. The van der Waals surface area contributed by atoms with Crippen molar-refractivity contribution in [1.29, 1.82) is 0 Å². The summed E-state index contributed by atoms with van der Waals surface area (Å²) >= 11 is 14.0. The Labute approximate surface area is 313 Å². The Bertz CT molecular complexity index is 1990. The summed E-state index contributed by atoms with van der Waals surface area (Å²) < 4.78 is 8.07. The van der Waals surface area contributed by atoms with Crippen molar-refractivity contribution in [3.63, 3.8) is 0 Å². The van der Waals surface area contributed by atoms with E-state index >= 15 is 0 Å². The Morgan fingerprint density at radius 2 is 1.65 bits per heavy atom. The number of aromatic nitrogens is 3. The number of nitrogens with zero attached hydrogens (tertiary/aromatic N) is 6. The Morgan fingerprint density at radius 3 is 2.37 bits per heavy atom. The van der Waals surface area contributed by atoms with Gasteiger partial charge in [-0.1, -0.05) is 60.5 Å². The highest BCUT2D eigenvalue weighted by atomic mass is 35.5. The fourth-order valence-corrected chi connectivity index (χ4v) is 8.40. The first-order chi connectivity index (χ1) is 25.0. The van der Waals surface area contributed by atoms with Gasteiger partial charge in [0, 0.05) is 56.3 Å². The predicted molar refractivity (Wildman–Crippen MR) is 198 cm³/mol. The largest absolute Gasteiger partial charge is 0.481 e. The number of hydrogen-bond acceptors (Lipinski definition) is 8. The number of imidazole rings is 1. The summed E-state index contributed by atoms with van der Waals surface area (Å²) in [5, 5.41) is 10.2. The van der Waals surface area contributed by atoms with Crippen LogP contribution >= 0.6 is 23.2 Å². The summed E-state index contributed by atoms with van der Waals surface area (Å²) in [5.74, 6) is 0.985. The van der Waals surface area contributed by atoms with Crippen molar-refractivity contribution in [1.82, 2.24) is 29.2 Å². The fraction of sp³-hybridized carbons (Fsp3) is 0.462. The van der Waals surface area contributed by atoms with Gasteiger partial charge in [-0.3, -0.25) is 24.2 Å². The molecule has 0 unspecified atom stereocenters. The number of carboxylic acid groups (broad SMARTS) is 1. The van der Waals surface area contributed by atoms with Crippen molar-refractivity contribution in [3.05, 3.63) is 80.7 Å². The molecule has 2 aromatic carbocycles. The molecule has 1 fully saturated rings. The van der Waals surface area contributed by atoms with E-state index in [9.17, 15) is 19.5 Å². The van der Waals surface area contributed by atoms with Gasteiger partial charge in [-0.2, -0.15) is 0 Å². The van der Waals surface area contributed by atoms with Crippen LogP contribution < -0.4 is 0 Å². The van der Waals surface area contributed by atoms with E-state index in [0.717, 1.165) is 68.8 Å². The third-order valence-corrected chi connectivity index (χ3v) is 11.9. The maximum atomic E-state index is 13.8. The van der Waals surface area contributed by atoms with E-state index in [1.54, 1.807) is 4.90 Å². The van der Waals surface area contributed by atoms with Crippen molar-refractivity contribution in [2.75, 3.05) is 33.2 Å².